The molecule has 0 fully saturated rings. The third kappa shape index (κ3) is 1.70. The first-order valence-electron chi connectivity index (χ1n) is 4.61. The number of alkyl halides is 2. The molecule has 2 aromatic rings. The summed E-state index contributed by atoms with van der Waals surface area (Å²) in [5.41, 5.74) is 1.17. The molecule has 0 saturated carbocycles. The number of hydrogen-bond acceptors (Lipinski definition) is 2. The zero-order chi connectivity index (χ0) is 10.8. The molecule has 2 aromatic heterocycles. The minimum absolute atomic E-state index is 0.331. The molecule has 0 amide bonds. The van der Waals surface area contributed by atoms with E-state index in [9.17, 15) is 8.78 Å². The van der Waals surface area contributed by atoms with Crippen LogP contribution in [-0.2, 0) is 6.54 Å². The lowest BCUT2D eigenvalue weighted by Crippen LogP contribution is -2.04. The average Bonchev–Trinajstić information content (AvgIpc) is 2.59. The fraction of sp³-hybridized carbons (Fsp3) is 0.300. The van der Waals surface area contributed by atoms with Crippen LogP contribution in [0.25, 0.3) is 11.0 Å². The van der Waals surface area contributed by atoms with Crippen molar-refractivity contribution in [2.75, 3.05) is 7.05 Å². The van der Waals surface area contributed by atoms with Gasteiger partial charge in [0.15, 0.2) is 0 Å². The monoisotopic (exact) mass is 211 g/mol. The van der Waals surface area contributed by atoms with Gasteiger partial charge in [-0.3, -0.25) is 4.57 Å². The van der Waals surface area contributed by atoms with Crippen LogP contribution in [0.3, 0.4) is 0 Å². The molecule has 0 aliphatic heterocycles. The third-order valence-corrected chi connectivity index (χ3v) is 2.25. The second-order valence-electron chi connectivity index (χ2n) is 3.24. The van der Waals surface area contributed by atoms with Crippen molar-refractivity contribution in [2.24, 2.45) is 0 Å². The normalized spacial score (nSPS) is 11.5. The second-order valence-corrected chi connectivity index (χ2v) is 3.24. The van der Waals surface area contributed by atoms with Gasteiger partial charge < -0.3 is 5.32 Å². The van der Waals surface area contributed by atoms with E-state index in [2.05, 4.69) is 10.3 Å². The van der Waals surface area contributed by atoms with Crippen LogP contribution in [0.5, 0.6) is 0 Å². The molecule has 0 spiro atoms. The maximum Gasteiger partial charge on any atom is 0.320 e. The highest BCUT2D eigenvalue weighted by molar-refractivity contribution is 5.80. The van der Waals surface area contributed by atoms with Crippen LogP contribution in [0.15, 0.2) is 24.5 Å². The van der Waals surface area contributed by atoms with E-state index in [-0.39, 0.29) is 0 Å². The van der Waals surface area contributed by atoms with Crippen molar-refractivity contribution >= 4 is 11.0 Å². The van der Waals surface area contributed by atoms with E-state index in [0.29, 0.717) is 12.2 Å². The summed E-state index contributed by atoms with van der Waals surface area (Å²) >= 11 is 0. The first kappa shape index (κ1) is 10.0. The lowest BCUT2D eigenvalue weighted by atomic mass is 10.2. The number of halogens is 2. The molecule has 0 bridgehead atoms. The minimum atomic E-state index is -2.55. The zero-order valence-electron chi connectivity index (χ0n) is 8.24. The molecule has 15 heavy (non-hydrogen) atoms. The molecule has 0 aliphatic rings. The number of fused-ring (bicyclic) bond motifs is 1. The third-order valence-electron chi connectivity index (χ3n) is 2.25. The van der Waals surface area contributed by atoms with E-state index in [1.807, 2.05) is 0 Å². The molecular formula is C10H11F2N3. The molecule has 0 atom stereocenters. The van der Waals surface area contributed by atoms with Crippen LogP contribution >= 0.6 is 0 Å². The number of rotatable bonds is 3. The van der Waals surface area contributed by atoms with Crippen molar-refractivity contribution in [3.05, 3.63) is 30.1 Å². The largest absolute Gasteiger partial charge is 0.320 e. The van der Waals surface area contributed by atoms with Crippen molar-refractivity contribution in [1.82, 2.24) is 14.9 Å². The Morgan fingerprint density at radius 3 is 3.00 bits per heavy atom. The van der Waals surface area contributed by atoms with E-state index in [0.717, 1.165) is 15.5 Å². The number of aromatic nitrogens is 2. The van der Waals surface area contributed by atoms with Gasteiger partial charge in [-0.25, -0.2) is 4.98 Å². The highest BCUT2D eigenvalue weighted by Crippen LogP contribution is 2.24. The molecule has 0 aromatic carbocycles. The van der Waals surface area contributed by atoms with Crippen LogP contribution in [0.2, 0.25) is 0 Å². The Balaban J connectivity index is 2.62. The Labute approximate surface area is 85.7 Å². The highest BCUT2D eigenvalue weighted by Gasteiger charge is 2.14. The first-order valence-corrected chi connectivity index (χ1v) is 4.61. The van der Waals surface area contributed by atoms with E-state index >= 15 is 0 Å². The summed E-state index contributed by atoms with van der Waals surface area (Å²) in [6.45, 7) is -1.99. The zero-order valence-corrected chi connectivity index (χ0v) is 8.24. The smallest absolute Gasteiger partial charge is 0.316 e. The summed E-state index contributed by atoms with van der Waals surface area (Å²) < 4.78 is 26.2. The maximum absolute atomic E-state index is 12.7. The Morgan fingerprint density at radius 2 is 2.33 bits per heavy atom. The summed E-state index contributed by atoms with van der Waals surface area (Å²) in [6.07, 6.45) is 2.96. The molecule has 80 valence electrons. The Hall–Kier alpha value is -1.49. The van der Waals surface area contributed by atoms with Gasteiger partial charge in [0, 0.05) is 24.3 Å². The van der Waals surface area contributed by atoms with Crippen molar-refractivity contribution in [2.45, 2.75) is 13.1 Å². The van der Waals surface area contributed by atoms with Crippen LogP contribution < -0.4 is 5.32 Å². The molecular weight excluding hydrogens is 200 g/mol. The molecule has 1 N–H and O–H groups in total. The first-order chi connectivity index (χ1) is 7.24. The summed E-state index contributed by atoms with van der Waals surface area (Å²) in [6, 6.07) is 3.55. The highest BCUT2D eigenvalue weighted by atomic mass is 19.3. The van der Waals surface area contributed by atoms with Gasteiger partial charge in [0.2, 0.25) is 0 Å². The molecule has 0 radical (unpaired) electrons. The summed E-state index contributed by atoms with van der Waals surface area (Å²) in [7, 11) is 1.78. The van der Waals surface area contributed by atoms with Crippen molar-refractivity contribution < 1.29 is 8.78 Å². The van der Waals surface area contributed by atoms with Gasteiger partial charge in [0.1, 0.15) is 5.65 Å². The van der Waals surface area contributed by atoms with Crippen molar-refractivity contribution in [1.29, 1.82) is 0 Å². The number of pyridine rings is 1. The molecule has 0 saturated heterocycles. The quantitative estimate of drug-likeness (QED) is 0.843. The van der Waals surface area contributed by atoms with Crippen LogP contribution in [0.4, 0.5) is 8.78 Å². The van der Waals surface area contributed by atoms with E-state index in [4.69, 9.17) is 0 Å². The van der Waals surface area contributed by atoms with Gasteiger partial charge in [0.05, 0.1) is 0 Å². The van der Waals surface area contributed by atoms with E-state index in [1.54, 1.807) is 19.2 Å². The van der Waals surface area contributed by atoms with Gasteiger partial charge in [-0.2, -0.15) is 8.78 Å². The summed E-state index contributed by atoms with van der Waals surface area (Å²) in [5, 5.41) is 3.71. The van der Waals surface area contributed by atoms with Crippen LogP contribution in [0, 0.1) is 0 Å². The standard InChI is InChI=1S/C10H11F2N3/c1-13-5-7-6-15(10(11)12)9-8(7)3-2-4-14-9/h2-4,6,10,13H,5H2,1H3. The van der Waals surface area contributed by atoms with Crippen LogP contribution in [-0.4, -0.2) is 16.6 Å². The number of nitrogens with one attached hydrogen (secondary N) is 1. The molecule has 3 nitrogen and oxygen atoms in total. The average molecular weight is 211 g/mol. The number of hydrogen-bond donors (Lipinski definition) is 1. The Morgan fingerprint density at radius 1 is 1.53 bits per heavy atom. The van der Waals surface area contributed by atoms with E-state index < -0.39 is 6.55 Å². The van der Waals surface area contributed by atoms with Gasteiger partial charge >= 0.3 is 6.55 Å². The Bertz CT molecular complexity index is 465. The van der Waals surface area contributed by atoms with Gasteiger partial charge in [-0.15, -0.1) is 0 Å². The summed E-state index contributed by atoms with van der Waals surface area (Å²) in [4.78, 5) is 3.96. The molecule has 0 unspecified atom stereocenters. The predicted octanol–water partition coefficient (Wildman–Crippen LogP) is 2.15. The molecule has 2 rings (SSSR count). The lowest BCUT2D eigenvalue weighted by Gasteiger charge is -2.00. The maximum atomic E-state index is 12.7. The number of nitrogens with zero attached hydrogens (tertiary/aromatic N) is 2. The fourth-order valence-corrected chi connectivity index (χ4v) is 1.63. The fourth-order valence-electron chi connectivity index (χ4n) is 1.63. The van der Waals surface area contributed by atoms with E-state index in [1.165, 1.54) is 12.4 Å². The predicted molar refractivity (Wildman–Crippen MR) is 53.7 cm³/mol. The summed E-state index contributed by atoms with van der Waals surface area (Å²) in [5.74, 6) is 0. The Kier molecular flexibility index (Phi) is 2.64. The molecule has 5 heteroatoms. The molecule has 0 aliphatic carbocycles. The molecule has 2 heterocycles. The van der Waals surface area contributed by atoms with Crippen molar-refractivity contribution in [3.63, 3.8) is 0 Å². The van der Waals surface area contributed by atoms with Gasteiger partial charge in [0.25, 0.3) is 0 Å². The van der Waals surface area contributed by atoms with Crippen LogP contribution in [0.1, 0.15) is 12.1 Å². The minimum Gasteiger partial charge on any atom is -0.316 e. The van der Waals surface area contributed by atoms with Gasteiger partial charge in [-0.05, 0) is 24.7 Å². The van der Waals surface area contributed by atoms with Crippen molar-refractivity contribution in [3.8, 4) is 0 Å². The lowest BCUT2D eigenvalue weighted by molar-refractivity contribution is 0.0745. The topological polar surface area (TPSA) is 29.9 Å². The van der Waals surface area contributed by atoms with Gasteiger partial charge in [-0.1, -0.05) is 0 Å². The SMILES string of the molecule is CNCc1cn(C(F)F)c2ncccc12. The second kappa shape index (κ2) is 3.94.